The van der Waals surface area contributed by atoms with E-state index in [1.807, 2.05) is 18.2 Å². The molecule has 30 heavy (non-hydrogen) atoms. The summed E-state index contributed by atoms with van der Waals surface area (Å²) in [6.07, 6.45) is 0.151. The molecule has 0 radical (unpaired) electrons. The number of nitrogens with two attached hydrogens (primary N) is 1. The van der Waals surface area contributed by atoms with Crippen LogP contribution in [0, 0.1) is 0 Å². The van der Waals surface area contributed by atoms with Crippen LogP contribution in [0.5, 0.6) is 17.2 Å². The van der Waals surface area contributed by atoms with Gasteiger partial charge in [0.1, 0.15) is 0 Å². The van der Waals surface area contributed by atoms with Crippen LogP contribution in [-0.2, 0) is 17.9 Å². The fraction of sp³-hybridized carbons (Fsp3) is 0.435. The molecule has 2 aromatic rings. The van der Waals surface area contributed by atoms with Gasteiger partial charge in [0.15, 0.2) is 11.5 Å². The minimum Gasteiger partial charge on any atom is -0.493 e. The Balaban J connectivity index is 1.64. The lowest BCUT2D eigenvalue weighted by atomic mass is 10.1. The van der Waals surface area contributed by atoms with Crippen molar-refractivity contribution in [2.75, 3.05) is 47.0 Å². The third kappa shape index (κ3) is 5.87. The van der Waals surface area contributed by atoms with Crippen LogP contribution >= 0.6 is 0 Å². The molecule has 1 aliphatic rings. The number of benzene rings is 2. The van der Waals surface area contributed by atoms with Gasteiger partial charge in [-0.15, -0.1) is 0 Å². The Morgan fingerprint density at radius 2 is 1.57 bits per heavy atom. The zero-order valence-corrected chi connectivity index (χ0v) is 17.8. The molecule has 7 heteroatoms. The molecular weight excluding hydrogens is 382 g/mol. The van der Waals surface area contributed by atoms with Crippen LogP contribution in [0.15, 0.2) is 42.5 Å². The molecule has 0 bridgehead atoms. The van der Waals surface area contributed by atoms with Gasteiger partial charge in [0.25, 0.3) is 0 Å². The van der Waals surface area contributed by atoms with Crippen molar-refractivity contribution >= 4 is 5.91 Å². The molecule has 1 amide bonds. The number of ether oxygens (including phenoxy) is 3. The van der Waals surface area contributed by atoms with Crippen LogP contribution in [0.2, 0.25) is 0 Å². The van der Waals surface area contributed by atoms with E-state index in [4.69, 9.17) is 19.9 Å². The maximum absolute atomic E-state index is 11.1. The third-order valence-electron chi connectivity index (χ3n) is 5.28. The van der Waals surface area contributed by atoms with Crippen molar-refractivity contribution in [2.45, 2.75) is 19.5 Å². The highest BCUT2D eigenvalue weighted by Crippen LogP contribution is 2.40. The first-order chi connectivity index (χ1) is 14.6. The van der Waals surface area contributed by atoms with Crippen molar-refractivity contribution in [2.24, 2.45) is 5.73 Å². The molecule has 1 heterocycles. The molecule has 1 aliphatic heterocycles. The fourth-order valence-corrected chi connectivity index (χ4v) is 3.66. The van der Waals surface area contributed by atoms with Gasteiger partial charge in [0.05, 0.1) is 27.2 Å². The largest absolute Gasteiger partial charge is 0.493 e. The summed E-state index contributed by atoms with van der Waals surface area (Å²) >= 11 is 0. The molecule has 7 nitrogen and oxygen atoms in total. The standard InChI is InChI=1S/C23H31N3O4/c1-28-20-9-8-19(22(23(20)29-2)30-15-10-21(24)27)17-26-13-11-25(12-14-26)16-18-6-4-3-5-7-18/h3-9H,10-17H2,1-2H3,(H2,24,27). The van der Waals surface area contributed by atoms with E-state index in [2.05, 4.69) is 34.1 Å². The lowest BCUT2D eigenvalue weighted by molar-refractivity contribution is -0.118. The fourth-order valence-electron chi connectivity index (χ4n) is 3.66. The molecule has 0 saturated carbocycles. The minimum absolute atomic E-state index is 0.151. The zero-order valence-electron chi connectivity index (χ0n) is 17.8. The highest BCUT2D eigenvalue weighted by Gasteiger charge is 2.22. The zero-order chi connectivity index (χ0) is 21.3. The molecule has 3 rings (SSSR count). The Bertz CT molecular complexity index is 821. The van der Waals surface area contributed by atoms with E-state index in [9.17, 15) is 4.79 Å². The SMILES string of the molecule is COc1ccc(CN2CCN(Cc3ccccc3)CC2)c(OCCC(N)=O)c1OC. The lowest BCUT2D eigenvalue weighted by Gasteiger charge is -2.35. The predicted molar refractivity (Wildman–Crippen MR) is 116 cm³/mol. The Kier molecular flexibility index (Phi) is 7.93. The quantitative estimate of drug-likeness (QED) is 0.644. The van der Waals surface area contributed by atoms with Gasteiger partial charge >= 0.3 is 0 Å². The van der Waals surface area contributed by atoms with Crippen molar-refractivity contribution in [3.63, 3.8) is 0 Å². The summed E-state index contributed by atoms with van der Waals surface area (Å²) in [5, 5.41) is 0. The van der Waals surface area contributed by atoms with Gasteiger partial charge in [-0.2, -0.15) is 0 Å². The number of piperazine rings is 1. The number of amides is 1. The van der Waals surface area contributed by atoms with Gasteiger partial charge in [-0.05, 0) is 11.6 Å². The van der Waals surface area contributed by atoms with Crippen LogP contribution in [-0.4, -0.2) is 62.7 Å². The number of carbonyl (C=O) groups is 1. The first-order valence-electron chi connectivity index (χ1n) is 10.2. The van der Waals surface area contributed by atoms with Gasteiger partial charge in [-0.1, -0.05) is 36.4 Å². The second kappa shape index (κ2) is 10.8. The summed E-state index contributed by atoms with van der Waals surface area (Å²) in [5.41, 5.74) is 7.60. The van der Waals surface area contributed by atoms with Gasteiger partial charge in [0.2, 0.25) is 11.7 Å². The predicted octanol–water partition coefficient (Wildman–Crippen LogP) is 2.28. The van der Waals surface area contributed by atoms with E-state index in [-0.39, 0.29) is 13.0 Å². The smallest absolute Gasteiger partial charge is 0.220 e. The van der Waals surface area contributed by atoms with Crippen molar-refractivity contribution in [1.82, 2.24) is 9.80 Å². The molecule has 0 spiro atoms. The second-order valence-corrected chi connectivity index (χ2v) is 7.39. The monoisotopic (exact) mass is 413 g/mol. The van der Waals surface area contributed by atoms with E-state index >= 15 is 0 Å². The second-order valence-electron chi connectivity index (χ2n) is 7.39. The molecule has 0 aliphatic carbocycles. The Morgan fingerprint density at radius 1 is 0.900 bits per heavy atom. The Morgan fingerprint density at radius 3 is 2.17 bits per heavy atom. The molecule has 1 fully saturated rings. The normalized spacial score (nSPS) is 15.0. The van der Waals surface area contributed by atoms with E-state index in [1.165, 1.54) is 5.56 Å². The topological polar surface area (TPSA) is 77.3 Å². The van der Waals surface area contributed by atoms with Crippen molar-refractivity contribution in [3.05, 3.63) is 53.6 Å². The summed E-state index contributed by atoms with van der Waals surface area (Å²) < 4.78 is 16.9. The summed E-state index contributed by atoms with van der Waals surface area (Å²) in [7, 11) is 3.18. The molecule has 0 atom stereocenters. The summed E-state index contributed by atoms with van der Waals surface area (Å²) in [6.45, 7) is 5.90. The van der Waals surface area contributed by atoms with Crippen molar-refractivity contribution in [1.29, 1.82) is 0 Å². The summed E-state index contributed by atoms with van der Waals surface area (Å²) in [5.74, 6) is 1.36. The van der Waals surface area contributed by atoms with E-state index in [0.717, 1.165) is 44.8 Å². The summed E-state index contributed by atoms with van der Waals surface area (Å²) in [6, 6.07) is 14.5. The highest BCUT2D eigenvalue weighted by atomic mass is 16.5. The molecule has 1 saturated heterocycles. The number of methoxy groups -OCH3 is 2. The number of carbonyl (C=O) groups excluding carboxylic acids is 1. The van der Waals surface area contributed by atoms with Gasteiger partial charge in [-0.25, -0.2) is 0 Å². The highest BCUT2D eigenvalue weighted by molar-refractivity contribution is 5.73. The molecule has 162 valence electrons. The van der Waals surface area contributed by atoms with Gasteiger partial charge in [0, 0.05) is 44.8 Å². The number of primary amides is 1. The molecule has 2 aromatic carbocycles. The lowest BCUT2D eigenvalue weighted by Crippen LogP contribution is -2.45. The average Bonchev–Trinajstić information content (AvgIpc) is 2.76. The van der Waals surface area contributed by atoms with E-state index < -0.39 is 5.91 Å². The van der Waals surface area contributed by atoms with Gasteiger partial charge in [-0.3, -0.25) is 14.6 Å². The molecule has 0 aromatic heterocycles. The Hall–Kier alpha value is -2.77. The van der Waals surface area contributed by atoms with Crippen molar-refractivity contribution in [3.8, 4) is 17.2 Å². The summed E-state index contributed by atoms with van der Waals surface area (Å²) in [4.78, 5) is 16.0. The van der Waals surface area contributed by atoms with E-state index in [0.29, 0.717) is 17.2 Å². The number of hydrogen-bond donors (Lipinski definition) is 1. The maximum Gasteiger partial charge on any atom is 0.220 e. The number of hydrogen-bond acceptors (Lipinski definition) is 6. The van der Waals surface area contributed by atoms with Crippen LogP contribution in [0.1, 0.15) is 17.5 Å². The van der Waals surface area contributed by atoms with Crippen molar-refractivity contribution < 1.29 is 19.0 Å². The number of rotatable bonds is 10. The van der Waals surface area contributed by atoms with Gasteiger partial charge < -0.3 is 19.9 Å². The average molecular weight is 414 g/mol. The first kappa shape index (κ1) is 21.9. The maximum atomic E-state index is 11.1. The first-order valence-corrected chi connectivity index (χ1v) is 10.2. The number of nitrogens with zero attached hydrogens (tertiary/aromatic N) is 2. The Labute approximate surface area is 178 Å². The third-order valence-corrected chi connectivity index (χ3v) is 5.28. The van der Waals surface area contributed by atoms with Crippen LogP contribution in [0.25, 0.3) is 0 Å². The molecule has 2 N–H and O–H groups in total. The van der Waals surface area contributed by atoms with E-state index in [1.54, 1.807) is 14.2 Å². The minimum atomic E-state index is -0.395. The molecular formula is C23H31N3O4. The van der Waals surface area contributed by atoms with Crippen LogP contribution < -0.4 is 19.9 Å². The van der Waals surface area contributed by atoms with Crippen LogP contribution in [0.4, 0.5) is 0 Å². The molecule has 0 unspecified atom stereocenters. The van der Waals surface area contributed by atoms with Crippen LogP contribution in [0.3, 0.4) is 0 Å².